The van der Waals surface area contributed by atoms with Crippen molar-refractivity contribution < 1.29 is 4.74 Å². The molecule has 0 radical (unpaired) electrons. The van der Waals surface area contributed by atoms with Gasteiger partial charge in [0.05, 0.1) is 13.2 Å². The van der Waals surface area contributed by atoms with E-state index in [0.29, 0.717) is 12.5 Å². The van der Waals surface area contributed by atoms with Crippen LogP contribution in [0.1, 0.15) is 11.1 Å². The lowest BCUT2D eigenvalue weighted by molar-refractivity contribution is 0.0674. The van der Waals surface area contributed by atoms with E-state index in [2.05, 4.69) is 46.2 Å². The van der Waals surface area contributed by atoms with Crippen molar-refractivity contribution in [2.24, 2.45) is 10.7 Å². The Morgan fingerprint density at radius 1 is 1.36 bits per heavy atom. The maximum absolute atomic E-state index is 6.04. The van der Waals surface area contributed by atoms with E-state index in [1.165, 1.54) is 22.0 Å². The zero-order valence-electron chi connectivity index (χ0n) is 12.8. The molecular formula is C16H23IN4O. The number of benzene rings is 1. The number of fused-ring (bicyclic) bond motifs is 1. The smallest absolute Gasteiger partial charge is 0.191 e. The molecule has 22 heavy (non-hydrogen) atoms. The molecule has 5 nitrogen and oxygen atoms in total. The minimum Gasteiger partial charge on any atom is -0.378 e. The van der Waals surface area contributed by atoms with Gasteiger partial charge in [0.2, 0.25) is 0 Å². The summed E-state index contributed by atoms with van der Waals surface area (Å²) in [7, 11) is 0. The number of H-pyrrole nitrogens is 1. The first-order valence-corrected chi connectivity index (χ1v) is 7.44. The Hall–Kier alpha value is -1.28. The monoisotopic (exact) mass is 414 g/mol. The van der Waals surface area contributed by atoms with Gasteiger partial charge in [0.25, 0.3) is 0 Å². The van der Waals surface area contributed by atoms with Crippen LogP contribution in [0.3, 0.4) is 0 Å². The van der Waals surface area contributed by atoms with Crippen LogP contribution >= 0.6 is 24.0 Å². The van der Waals surface area contributed by atoms with Gasteiger partial charge in [-0.15, -0.1) is 24.0 Å². The second-order valence-corrected chi connectivity index (χ2v) is 5.40. The van der Waals surface area contributed by atoms with Crippen LogP contribution in [0.4, 0.5) is 0 Å². The molecule has 0 spiro atoms. The van der Waals surface area contributed by atoms with Gasteiger partial charge in [-0.25, -0.2) is 0 Å². The van der Waals surface area contributed by atoms with Crippen molar-refractivity contribution in [2.45, 2.75) is 13.3 Å². The molecule has 1 aliphatic heterocycles. The lowest BCUT2D eigenvalue weighted by atomic mass is 10.1. The summed E-state index contributed by atoms with van der Waals surface area (Å²) < 4.78 is 5.32. The lowest BCUT2D eigenvalue weighted by Crippen LogP contribution is -2.44. The van der Waals surface area contributed by atoms with Crippen molar-refractivity contribution in [2.75, 3.05) is 32.8 Å². The minimum atomic E-state index is 0. The third-order valence-electron chi connectivity index (χ3n) is 4.00. The second-order valence-electron chi connectivity index (χ2n) is 5.40. The van der Waals surface area contributed by atoms with Crippen LogP contribution in [0.15, 0.2) is 29.4 Å². The van der Waals surface area contributed by atoms with Crippen LogP contribution in [0.5, 0.6) is 0 Å². The number of aryl methyl sites for hydroxylation is 1. The number of nitrogens with one attached hydrogen (secondary N) is 1. The largest absolute Gasteiger partial charge is 0.378 e. The Labute approximate surface area is 147 Å². The van der Waals surface area contributed by atoms with Gasteiger partial charge in [-0.2, -0.15) is 0 Å². The van der Waals surface area contributed by atoms with Crippen molar-refractivity contribution in [1.29, 1.82) is 0 Å². The average Bonchev–Trinajstić information content (AvgIpc) is 2.93. The molecule has 1 aromatic heterocycles. The molecule has 3 rings (SSSR count). The maximum Gasteiger partial charge on any atom is 0.191 e. The van der Waals surface area contributed by atoms with Crippen molar-refractivity contribution >= 4 is 40.8 Å². The Morgan fingerprint density at radius 3 is 2.91 bits per heavy atom. The molecule has 0 amide bonds. The number of hydrogen-bond donors (Lipinski definition) is 2. The molecule has 2 aromatic rings. The summed E-state index contributed by atoms with van der Waals surface area (Å²) >= 11 is 0. The average molecular weight is 414 g/mol. The summed E-state index contributed by atoms with van der Waals surface area (Å²) in [4.78, 5) is 9.94. The van der Waals surface area contributed by atoms with Gasteiger partial charge >= 0.3 is 0 Å². The van der Waals surface area contributed by atoms with E-state index >= 15 is 0 Å². The number of rotatable bonds is 3. The van der Waals surface area contributed by atoms with Crippen LogP contribution < -0.4 is 5.73 Å². The van der Waals surface area contributed by atoms with Crippen LogP contribution in [0, 0.1) is 6.92 Å². The molecule has 120 valence electrons. The number of aromatic nitrogens is 1. The number of nitrogens with zero attached hydrogens (tertiary/aromatic N) is 2. The maximum atomic E-state index is 6.04. The molecule has 0 unspecified atom stereocenters. The highest BCUT2D eigenvalue weighted by molar-refractivity contribution is 14.0. The Kier molecular flexibility index (Phi) is 6.07. The van der Waals surface area contributed by atoms with Crippen molar-refractivity contribution in [3.05, 3.63) is 35.5 Å². The number of aromatic amines is 1. The SMILES string of the molecule is Cc1cccc2c(CCN=C(N)N3CCOCC3)c[nH]c12.I. The number of ether oxygens (including phenoxy) is 1. The minimum absolute atomic E-state index is 0. The summed E-state index contributed by atoms with van der Waals surface area (Å²) in [6, 6.07) is 6.38. The van der Waals surface area contributed by atoms with Gasteiger partial charge in [-0.05, 0) is 24.5 Å². The Bertz CT molecular complexity index is 647. The highest BCUT2D eigenvalue weighted by atomic mass is 127. The molecule has 6 heteroatoms. The summed E-state index contributed by atoms with van der Waals surface area (Å²) in [6.07, 6.45) is 2.98. The Balaban J connectivity index is 0.00000176. The van der Waals surface area contributed by atoms with Gasteiger partial charge in [0.1, 0.15) is 0 Å². The van der Waals surface area contributed by atoms with Gasteiger partial charge in [0.15, 0.2) is 5.96 Å². The number of aliphatic imine (C=N–C) groups is 1. The fourth-order valence-corrected chi connectivity index (χ4v) is 2.75. The van der Waals surface area contributed by atoms with E-state index in [0.717, 1.165) is 32.7 Å². The number of morpholine rings is 1. The van der Waals surface area contributed by atoms with Crippen LogP contribution in [0.25, 0.3) is 10.9 Å². The first-order chi connectivity index (χ1) is 10.3. The number of nitrogens with two attached hydrogens (primary N) is 1. The molecule has 1 saturated heterocycles. The van der Waals surface area contributed by atoms with Crippen LogP contribution in [-0.2, 0) is 11.2 Å². The molecule has 0 atom stereocenters. The molecular weight excluding hydrogens is 391 g/mol. The summed E-state index contributed by atoms with van der Waals surface area (Å²) in [5, 5.41) is 1.29. The van der Waals surface area contributed by atoms with Crippen LogP contribution in [0.2, 0.25) is 0 Å². The fourth-order valence-electron chi connectivity index (χ4n) is 2.75. The number of halogens is 1. The first-order valence-electron chi connectivity index (χ1n) is 7.44. The van der Waals surface area contributed by atoms with Gasteiger partial charge < -0.3 is 20.4 Å². The van der Waals surface area contributed by atoms with E-state index in [1.54, 1.807) is 0 Å². The molecule has 0 bridgehead atoms. The fraction of sp³-hybridized carbons (Fsp3) is 0.438. The van der Waals surface area contributed by atoms with Crippen LogP contribution in [-0.4, -0.2) is 48.7 Å². The third-order valence-corrected chi connectivity index (χ3v) is 4.00. The van der Waals surface area contributed by atoms with E-state index in [-0.39, 0.29) is 24.0 Å². The highest BCUT2D eigenvalue weighted by Crippen LogP contribution is 2.21. The predicted molar refractivity (Wildman–Crippen MR) is 101 cm³/mol. The van der Waals surface area contributed by atoms with E-state index in [9.17, 15) is 0 Å². The third kappa shape index (κ3) is 3.73. The molecule has 1 aromatic carbocycles. The zero-order chi connectivity index (χ0) is 14.7. The van der Waals surface area contributed by atoms with Gasteiger partial charge in [-0.3, -0.25) is 4.99 Å². The summed E-state index contributed by atoms with van der Waals surface area (Å²) in [5.74, 6) is 0.634. The number of guanidine groups is 1. The lowest BCUT2D eigenvalue weighted by Gasteiger charge is -2.27. The van der Waals surface area contributed by atoms with E-state index in [4.69, 9.17) is 10.5 Å². The van der Waals surface area contributed by atoms with Crippen molar-refractivity contribution in [3.63, 3.8) is 0 Å². The topological polar surface area (TPSA) is 66.6 Å². The molecule has 0 saturated carbocycles. The normalized spacial score (nSPS) is 15.9. The van der Waals surface area contributed by atoms with Gasteiger partial charge in [0, 0.05) is 36.7 Å². The molecule has 2 heterocycles. The highest BCUT2D eigenvalue weighted by Gasteiger charge is 2.12. The quantitative estimate of drug-likeness (QED) is 0.460. The van der Waals surface area contributed by atoms with E-state index in [1.807, 2.05) is 0 Å². The van der Waals surface area contributed by atoms with E-state index < -0.39 is 0 Å². The zero-order valence-corrected chi connectivity index (χ0v) is 15.2. The first kappa shape index (κ1) is 17.1. The summed E-state index contributed by atoms with van der Waals surface area (Å²) in [6.45, 7) is 5.97. The second kappa shape index (κ2) is 7.82. The summed E-state index contributed by atoms with van der Waals surface area (Å²) in [5.41, 5.74) is 9.83. The van der Waals surface area contributed by atoms with Crippen molar-refractivity contribution in [1.82, 2.24) is 9.88 Å². The Morgan fingerprint density at radius 2 is 2.14 bits per heavy atom. The molecule has 1 aliphatic rings. The number of hydrogen-bond acceptors (Lipinski definition) is 2. The molecule has 1 fully saturated rings. The van der Waals surface area contributed by atoms with Gasteiger partial charge in [-0.1, -0.05) is 18.2 Å². The standard InChI is InChI=1S/C16H22N4O.HI/c1-12-3-2-4-14-13(11-19-15(12)14)5-6-18-16(17)20-7-9-21-10-8-20;/h2-4,11,19H,5-10H2,1H3,(H2,17,18);1H. The molecule has 0 aliphatic carbocycles. The number of para-hydroxylation sites is 1. The van der Waals surface area contributed by atoms with Crippen molar-refractivity contribution in [3.8, 4) is 0 Å². The molecule has 3 N–H and O–H groups in total. The predicted octanol–water partition coefficient (Wildman–Crippen LogP) is 2.28.